The van der Waals surface area contributed by atoms with E-state index in [0.29, 0.717) is 19.3 Å². The Balaban J connectivity index is 4.60. The van der Waals surface area contributed by atoms with Crippen molar-refractivity contribution in [3.05, 3.63) is 194 Å². The van der Waals surface area contributed by atoms with E-state index in [1.807, 2.05) is 12.2 Å². The van der Waals surface area contributed by atoms with Gasteiger partial charge in [-0.3, -0.25) is 14.4 Å². The molecule has 0 saturated carbocycles. The minimum Gasteiger partial charge on any atom is -0.462 e. The van der Waals surface area contributed by atoms with Crippen LogP contribution in [0.5, 0.6) is 0 Å². The Morgan fingerprint density at radius 3 is 0.854 bits per heavy atom. The molecule has 1 unspecified atom stereocenters. The summed E-state index contributed by atoms with van der Waals surface area (Å²) in [6.45, 7) is 6.28. The average Bonchev–Trinajstić information content (AvgIpc) is 3.47. The minimum absolute atomic E-state index is 0.140. The molecule has 0 fully saturated rings. The van der Waals surface area contributed by atoms with Crippen LogP contribution in [0.3, 0.4) is 0 Å². The highest BCUT2D eigenvalue weighted by atomic mass is 16.6. The number of unbranched alkanes of at least 4 members (excludes halogenated alkanes) is 13. The minimum atomic E-state index is -0.859. The van der Waals surface area contributed by atoms with Crippen LogP contribution in [-0.4, -0.2) is 37.2 Å². The Morgan fingerprint density at radius 1 is 0.256 bits per heavy atom. The van der Waals surface area contributed by atoms with Crippen LogP contribution in [-0.2, 0) is 28.6 Å². The molecule has 0 aromatic heterocycles. The normalized spacial score (nSPS) is 13.5. The third kappa shape index (κ3) is 65.1. The van der Waals surface area contributed by atoms with Gasteiger partial charge in [-0.25, -0.2) is 0 Å². The van der Waals surface area contributed by atoms with Crippen molar-refractivity contribution >= 4 is 17.9 Å². The van der Waals surface area contributed by atoms with Crippen molar-refractivity contribution in [2.24, 2.45) is 0 Å². The first-order chi connectivity index (χ1) is 40.5. The molecule has 0 aromatic rings. The van der Waals surface area contributed by atoms with E-state index in [1.165, 1.54) is 57.8 Å². The van der Waals surface area contributed by atoms with Gasteiger partial charge in [0.1, 0.15) is 13.2 Å². The summed E-state index contributed by atoms with van der Waals surface area (Å²) in [5, 5.41) is 0. The zero-order valence-corrected chi connectivity index (χ0v) is 52.2. The van der Waals surface area contributed by atoms with Gasteiger partial charge in [-0.15, -0.1) is 0 Å². The molecule has 1 atom stereocenters. The van der Waals surface area contributed by atoms with Crippen LogP contribution in [0.4, 0.5) is 0 Å². The number of allylic oxidation sites excluding steroid dienone is 32. The van der Waals surface area contributed by atoms with Gasteiger partial charge in [-0.05, 0) is 148 Å². The first-order valence-corrected chi connectivity index (χ1v) is 32.4. The lowest BCUT2D eigenvalue weighted by atomic mass is 10.1. The fourth-order valence-electron chi connectivity index (χ4n) is 8.05. The maximum atomic E-state index is 12.9. The summed E-state index contributed by atoms with van der Waals surface area (Å²) in [4.78, 5) is 38.3. The van der Waals surface area contributed by atoms with Crippen LogP contribution in [0, 0.1) is 0 Å². The second kappa shape index (κ2) is 67.8. The number of carbonyl (C=O) groups is 3. The number of esters is 3. The summed E-state index contributed by atoms with van der Waals surface area (Å²) in [6.07, 6.45) is 103. The standard InChI is InChI=1S/C76H116O6/c1-4-7-10-13-16-19-22-25-28-31-33-34-35-36-37-38-39-40-41-42-44-45-48-51-54-57-60-63-66-69-75(78)81-72-73(71-80-74(77)68-65-62-59-56-53-50-47-30-27-24-21-18-15-12-9-6-3)82-76(79)70-67-64-61-58-55-52-49-46-43-32-29-26-23-20-17-14-11-8-5-2/h7-8,10-11,16-17,19-20,25-26,28-30,33-34,36-37,39-40,42-44,46-48,51-52,55,57,60-61,64,73H,4-6,9,12-15,18,21-24,27,31-32,35,38,41,45,49-50,53-54,56,58-59,62-63,65-72H2,1-3H3/b10-7-,11-8-,19-16-,20-17-,28-25-,29-26-,34-33-,37-36-,40-39-,44-42-,46-43-,47-30-,51-48-,55-52-,60-57-,64-61-. The number of carbonyl (C=O) groups excluding carboxylic acids is 3. The molecule has 0 amide bonds. The third-order valence-corrected chi connectivity index (χ3v) is 12.8. The molecule has 0 bridgehead atoms. The van der Waals surface area contributed by atoms with Gasteiger partial charge in [0.15, 0.2) is 6.10 Å². The first kappa shape index (κ1) is 76.2. The summed E-state index contributed by atoms with van der Waals surface area (Å²) >= 11 is 0. The van der Waals surface area contributed by atoms with Gasteiger partial charge in [0.25, 0.3) is 0 Å². The van der Waals surface area contributed by atoms with Crippen molar-refractivity contribution < 1.29 is 28.6 Å². The highest BCUT2D eigenvalue weighted by Gasteiger charge is 2.19. The lowest BCUT2D eigenvalue weighted by Gasteiger charge is -2.18. The molecule has 456 valence electrons. The van der Waals surface area contributed by atoms with Crippen LogP contribution >= 0.6 is 0 Å². The first-order valence-electron chi connectivity index (χ1n) is 32.4. The Labute approximate surface area is 503 Å². The number of rotatable bonds is 56. The van der Waals surface area contributed by atoms with E-state index in [1.54, 1.807) is 0 Å². The summed E-state index contributed by atoms with van der Waals surface area (Å²) in [5.41, 5.74) is 0. The second-order valence-corrected chi connectivity index (χ2v) is 20.5. The molecule has 6 nitrogen and oxygen atoms in total. The molecule has 0 rings (SSSR count). The van der Waals surface area contributed by atoms with Crippen LogP contribution < -0.4 is 0 Å². The van der Waals surface area contributed by atoms with Gasteiger partial charge in [0, 0.05) is 19.3 Å². The van der Waals surface area contributed by atoms with Crippen LogP contribution in [0.2, 0.25) is 0 Å². The molecular formula is C76H116O6. The summed E-state index contributed by atoms with van der Waals surface area (Å²) in [7, 11) is 0. The molecule has 6 heteroatoms. The topological polar surface area (TPSA) is 78.9 Å². The average molecular weight is 1130 g/mol. The predicted molar refractivity (Wildman–Crippen MR) is 357 cm³/mol. The number of ether oxygens (including phenoxy) is 3. The Kier molecular flexibility index (Phi) is 63.0. The van der Waals surface area contributed by atoms with E-state index in [9.17, 15) is 14.4 Å². The molecule has 0 aliphatic carbocycles. The van der Waals surface area contributed by atoms with Crippen LogP contribution in [0.15, 0.2) is 194 Å². The fourth-order valence-corrected chi connectivity index (χ4v) is 8.05. The fraction of sp³-hybridized carbons (Fsp3) is 0.539. The van der Waals surface area contributed by atoms with Crippen LogP contribution in [0.25, 0.3) is 0 Å². The molecule has 0 spiro atoms. The number of hydrogen-bond donors (Lipinski definition) is 0. The van der Waals surface area contributed by atoms with Gasteiger partial charge >= 0.3 is 17.9 Å². The van der Waals surface area contributed by atoms with Crippen molar-refractivity contribution in [2.75, 3.05) is 13.2 Å². The quantitative estimate of drug-likeness (QED) is 0.0261. The van der Waals surface area contributed by atoms with Crippen molar-refractivity contribution in [3.8, 4) is 0 Å². The van der Waals surface area contributed by atoms with Crippen molar-refractivity contribution in [2.45, 2.75) is 252 Å². The Morgan fingerprint density at radius 2 is 0.512 bits per heavy atom. The van der Waals surface area contributed by atoms with E-state index in [0.717, 1.165) is 135 Å². The molecule has 0 aliphatic heterocycles. The molecular weight excluding hydrogens is 1010 g/mol. The van der Waals surface area contributed by atoms with Gasteiger partial charge in [0.05, 0.1) is 0 Å². The van der Waals surface area contributed by atoms with Crippen molar-refractivity contribution in [3.63, 3.8) is 0 Å². The smallest absolute Gasteiger partial charge is 0.306 e. The van der Waals surface area contributed by atoms with E-state index in [4.69, 9.17) is 14.2 Å². The van der Waals surface area contributed by atoms with Crippen molar-refractivity contribution in [1.82, 2.24) is 0 Å². The summed E-state index contributed by atoms with van der Waals surface area (Å²) in [6, 6.07) is 0. The van der Waals surface area contributed by atoms with E-state index in [2.05, 4.69) is 203 Å². The SMILES string of the molecule is CC/C=C\C/C=C\C/C=C\C/C=C\C/C=C\C/C=C\C/C=C\C/C=C\C/C=C\CCCC(=O)OCC(COC(=O)CCCCCCC/C=C\CCCCCCCCC)OC(=O)CC/C=C\C/C=C\C/C=C\C/C=C\C/C=C\C/C=C\CC. The van der Waals surface area contributed by atoms with E-state index in [-0.39, 0.29) is 38.0 Å². The lowest BCUT2D eigenvalue weighted by Crippen LogP contribution is -2.30. The zero-order chi connectivity index (χ0) is 59.2. The molecule has 0 N–H and O–H groups in total. The van der Waals surface area contributed by atoms with Crippen LogP contribution in [0.1, 0.15) is 245 Å². The van der Waals surface area contributed by atoms with Gasteiger partial charge in [-0.1, -0.05) is 273 Å². The molecule has 82 heavy (non-hydrogen) atoms. The zero-order valence-electron chi connectivity index (χ0n) is 52.2. The second-order valence-electron chi connectivity index (χ2n) is 20.5. The molecule has 0 aliphatic rings. The molecule has 0 heterocycles. The Bertz CT molecular complexity index is 1970. The highest BCUT2D eigenvalue weighted by molar-refractivity contribution is 5.71. The lowest BCUT2D eigenvalue weighted by molar-refractivity contribution is -0.166. The van der Waals surface area contributed by atoms with Gasteiger partial charge < -0.3 is 14.2 Å². The maximum Gasteiger partial charge on any atom is 0.306 e. The third-order valence-electron chi connectivity index (χ3n) is 12.8. The molecule has 0 aromatic carbocycles. The maximum absolute atomic E-state index is 12.9. The summed E-state index contributed by atoms with van der Waals surface area (Å²) in [5.74, 6) is -1.10. The van der Waals surface area contributed by atoms with Crippen molar-refractivity contribution in [1.29, 1.82) is 0 Å². The number of hydrogen-bond acceptors (Lipinski definition) is 6. The predicted octanol–water partition coefficient (Wildman–Crippen LogP) is 22.6. The van der Waals surface area contributed by atoms with E-state index >= 15 is 0 Å². The van der Waals surface area contributed by atoms with E-state index < -0.39 is 12.1 Å². The summed E-state index contributed by atoms with van der Waals surface area (Å²) < 4.78 is 16.8. The molecule has 0 radical (unpaired) electrons. The monoisotopic (exact) mass is 1120 g/mol. The largest absolute Gasteiger partial charge is 0.462 e. The van der Waals surface area contributed by atoms with Gasteiger partial charge in [0.2, 0.25) is 0 Å². The van der Waals surface area contributed by atoms with Gasteiger partial charge in [-0.2, -0.15) is 0 Å². The molecule has 0 saturated heterocycles. The highest BCUT2D eigenvalue weighted by Crippen LogP contribution is 2.12. The Hall–Kier alpha value is -5.75.